The van der Waals surface area contributed by atoms with Gasteiger partial charge in [0.15, 0.2) is 0 Å². The van der Waals surface area contributed by atoms with E-state index in [0.29, 0.717) is 18.2 Å². The zero-order valence-corrected chi connectivity index (χ0v) is 10.3. The molecule has 0 aromatic carbocycles. The highest BCUT2D eigenvalue weighted by molar-refractivity contribution is 5.76. The molecule has 1 fully saturated rings. The molecule has 0 bridgehead atoms. The number of likely N-dealkylation sites (tertiary alicyclic amines) is 1. The van der Waals surface area contributed by atoms with Crippen LogP contribution in [-0.4, -0.2) is 49.4 Å². The lowest BCUT2D eigenvalue weighted by molar-refractivity contribution is -0.133. The molecule has 1 amide bonds. The second-order valence-electron chi connectivity index (χ2n) is 5.01. The molecule has 1 rings (SSSR count). The fourth-order valence-electron chi connectivity index (χ4n) is 2.26. The zero-order valence-electron chi connectivity index (χ0n) is 10.3. The maximum absolute atomic E-state index is 11.9. The summed E-state index contributed by atoms with van der Waals surface area (Å²) in [4.78, 5) is 16.1. The lowest BCUT2D eigenvalue weighted by Gasteiger charge is -2.28. The fraction of sp³-hybridized carbons (Fsp3) is 0.917. The van der Waals surface area contributed by atoms with Crippen molar-refractivity contribution < 1.29 is 4.79 Å². The van der Waals surface area contributed by atoms with Gasteiger partial charge in [0.25, 0.3) is 0 Å². The number of carbonyl (C=O) groups is 1. The van der Waals surface area contributed by atoms with Gasteiger partial charge in [-0.3, -0.25) is 4.79 Å². The fourth-order valence-corrected chi connectivity index (χ4v) is 2.26. The van der Waals surface area contributed by atoms with Crippen molar-refractivity contribution in [2.75, 3.05) is 33.7 Å². The molecule has 0 N–H and O–H groups in total. The van der Waals surface area contributed by atoms with E-state index in [1.807, 2.05) is 4.90 Å². The van der Waals surface area contributed by atoms with Gasteiger partial charge in [0.2, 0.25) is 5.91 Å². The topological polar surface area (TPSA) is 23.6 Å². The second kappa shape index (κ2) is 6.11. The average molecular weight is 212 g/mol. The second-order valence-corrected chi connectivity index (χ2v) is 5.01. The van der Waals surface area contributed by atoms with E-state index >= 15 is 0 Å². The molecule has 0 aromatic heterocycles. The summed E-state index contributed by atoms with van der Waals surface area (Å²) < 4.78 is 0. The summed E-state index contributed by atoms with van der Waals surface area (Å²) in [6, 6.07) is 0. The van der Waals surface area contributed by atoms with E-state index in [4.69, 9.17) is 0 Å². The van der Waals surface area contributed by atoms with Crippen molar-refractivity contribution >= 4 is 5.91 Å². The van der Waals surface area contributed by atoms with Crippen molar-refractivity contribution in [3.05, 3.63) is 0 Å². The summed E-state index contributed by atoms with van der Waals surface area (Å²) in [7, 11) is 4.11. The quantitative estimate of drug-likeness (QED) is 0.706. The van der Waals surface area contributed by atoms with Crippen LogP contribution in [0.4, 0.5) is 0 Å². The first-order chi connectivity index (χ1) is 7.09. The summed E-state index contributed by atoms with van der Waals surface area (Å²) in [6.45, 7) is 5.11. The molecule has 0 spiro atoms. The number of piperidine rings is 1. The third-order valence-electron chi connectivity index (χ3n) is 2.91. The SMILES string of the molecule is CC(CC(=O)N1CCCCC1)CN(C)C. The number of hydrogen-bond donors (Lipinski definition) is 0. The molecule has 1 atom stereocenters. The van der Waals surface area contributed by atoms with Crippen LogP contribution in [0.5, 0.6) is 0 Å². The summed E-state index contributed by atoms with van der Waals surface area (Å²) in [5.41, 5.74) is 0. The van der Waals surface area contributed by atoms with Crippen LogP contribution >= 0.6 is 0 Å². The molecule has 1 aliphatic rings. The van der Waals surface area contributed by atoms with Crippen molar-refractivity contribution in [2.45, 2.75) is 32.6 Å². The van der Waals surface area contributed by atoms with Crippen molar-refractivity contribution in [3.63, 3.8) is 0 Å². The molecule has 3 heteroatoms. The molecule has 0 aliphatic carbocycles. The van der Waals surface area contributed by atoms with Crippen LogP contribution in [0.3, 0.4) is 0 Å². The van der Waals surface area contributed by atoms with E-state index in [1.54, 1.807) is 0 Å². The Hall–Kier alpha value is -0.570. The van der Waals surface area contributed by atoms with Crippen LogP contribution < -0.4 is 0 Å². The van der Waals surface area contributed by atoms with Crippen LogP contribution in [0.2, 0.25) is 0 Å². The molecule has 0 saturated carbocycles. The summed E-state index contributed by atoms with van der Waals surface area (Å²) in [5.74, 6) is 0.818. The van der Waals surface area contributed by atoms with Gasteiger partial charge in [-0.1, -0.05) is 6.92 Å². The predicted octanol–water partition coefficient (Wildman–Crippen LogP) is 1.59. The number of carbonyl (C=O) groups excluding carboxylic acids is 1. The Bertz CT molecular complexity index is 198. The minimum atomic E-state index is 0.351. The normalized spacial score (nSPS) is 19.3. The molecular weight excluding hydrogens is 188 g/mol. The highest BCUT2D eigenvalue weighted by Crippen LogP contribution is 2.12. The average Bonchev–Trinajstić information content (AvgIpc) is 2.17. The Morgan fingerprint density at radius 3 is 2.40 bits per heavy atom. The maximum atomic E-state index is 11.9. The Morgan fingerprint density at radius 1 is 1.27 bits per heavy atom. The standard InChI is InChI=1S/C12H24N2O/c1-11(10-13(2)3)9-12(15)14-7-5-4-6-8-14/h11H,4-10H2,1-3H3. The third kappa shape index (κ3) is 4.65. The molecule has 0 radical (unpaired) electrons. The molecule has 1 unspecified atom stereocenters. The van der Waals surface area contributed by atoms with Crippen molar-refractivity contribution in [1.82, 2.24) is 9.80 Å². The van der Waals surface area contributed by atoms with E-state index in [-0.39, 0.29) is 0 Å². The van der Waals surface area contributed by atoms with Gasteiger partial charge in [-0.05, 0) is 39.3 Å². The molecule has 1 saturated heterocycles. The zero-order chi connectivity index (χ0) is 11.3. The Kier molecular flexibility index (Phi) is 5.09. The minimum absolute atomic E-state index is 0.351. The van der Waals surface area contributed by atoms with Crippen molar-refractivity contribution in [3.8, 4) is 0 Å². The molecule has 3 nitrogen and oxygen atoms in total. The smallest absolute Gasteiger partial charge is 0.222 e. The molecule has 1 aliphatic heterocycles. The van der Waals surface area contributed by atoms with Gasteiger partial charge in [0, 0.05) is 26.1 Å². The van der Waals surface area contributed by atoms with Crippen molar-refractivity contribution in [1.29, 1.82) is 0 Å². The highest BCUT2D eigenvalue weighted by Gasteiger charge is 2.18. The molecule has 15 heavy (non-hydrogen) atoms. The number of rotatable bonds is 4. The van der Waals surface area contributed by atoms with Crippen LogP contribution in [0, 0.1) is 5.92 Å². The molecule has 0 aromatic rings. The summed E-state index contributed by atoms with van der Waals surface area (Å²) in [5, 5.41) is 0. The Labute approximate surface area is 93.4 Å². The predicted molar refractivity (Wildman–Crippen MR) is 62.8 cm³/mol. The summed E-state index contributed by atoms with van der Waals surface area (Å²) in [6.07, 6.45) is 4.37. The number of amides is 1. The molecule has 88 valence electrons. The van der Waals surface area contributed by atoms with E-state index in [0.717, 1.165) is 19.6 Å². The molecule has 1 heterocycles. The van der Waals surface area contributed by atoms with E-state index in [2.05, 4.69) is 25.9 Å². The van der Waals surface area contributed by atoms with E-state index < -0.39 is 0 Å². The van der Waals surface area contributed by atoms with E-state index in [1.165, 1.54) is 19.3 Å². The van der Waals surface area contributed by atoms with Crippen LogP contribution in [0.25, 0.3) is 0 Å². The van der Waals surface area contributed by atoms with Crippen LogP contribution in [-0.2, 0) is 4.79 Å². The van der Waals surface area contributed by atoms with Gasteiger partial charge in [-0.15, -0.1) is 0 Å². The molecular formula is C12H24N2O. The van der Waals surface area contributed by atoms with Gasteiger partial charge in [0.05, 0.1) is 0 Å². The third-order valence-corrected chi connectivity index (χ3v) is 2.91. The number of nitrogens with zero attached hydrogens (tertiary/aromatic N) is 2. The van der Waals surface area contributed by atoms with Gasteiger partial charge in [0.1, 0.15) is 0 Å². The van der Waals surface area contributed by atoms with Gasteiger partial charge >= 0.3 is 0 Å². The highest BCUT2D eigenvalue weighted by atomic mass is 16.2. The van der Waals surface area contributed by atoms with E-state index in [9.17, 15) is 4.79 Å². The van der Waals surface area contributed by atoms with Gasteiger partial charge in [-0.25, -0.2) is 0 Å². The largest absolute Gasteiger partial charge is 0.343 e. The minimum Gasteiger partial charge on any atom is -0.343 e. The van der Waals surface area contributed by atoms with Gasteiger partial charge in [-0.2, -0.15) is 0 Å². The van der Waals surface area contributed by atoms with Gasteiger partial charge < -0.3 is 9.80 Å². The monoisotopic (exact) mass is 212 g/mol. The number of hydrogen-bond acceptors (Lipinski definition) is 2. The lowest BCUT2D eigenvalue weighted by Crippen LogP contribution is -2.37. The maximum Gasteiger partial charge on any atom is 0.222 e. The summed E-state index contributed by atoms with van der Waals surface area (Å²) >= 11 is 0. The Morgan fingerprint density at radius 2 is 1.87 bits per heavy atom. The van der Waals surface area contributed by atoms with Crippen LogP contribution in [0.15, 0.2) is 0 Å². The Balaban J connectivity index is 2.27. The first-order valence-electron chi connectivity index (χ1n) is 6.02. The lowest BCUT2D eigenvalue weighted by atomic mass is 10.0. The first-order valence-corrected chi connectivity index (χ1v) is 6.02. The first kappa shape index (κ1) is 12.5. The van der Waals surface area contributed by atoms with Crippen LogP contribution in [0.1, 0.15) is 32.6 Å². The van der Waals surface area contributed by atoms with Crippen molar-refractivity contribution in [2.24, 2.45) is 5.92 Å².